The van der Waals surface area contributed by atoms with E-state index in [4.69, 9.17) is 5.11 Å². The molecule has 5 nitrogen and oxygen atoms in total. The number of unbranched alkanes of at least 4 members (excludes halogenated alkanes) is 1. The van der Waals surface area contributed by atoms with Crippen LogP contribution in [0.1, 0.15) is 71.1 Å². The van der Waals surface area contributed by atoms with Crippen LogP contribution < -0.4 is 0 Å². The van der Waals surface area contributed by atoms with Crippen molar-refractivity contribution >= 4 is 17.9 Å². The Labute approximate surface area is 174 Å². The monoisotopic (exact) mass is 402 g/mol. The highest BCUT2D eigenvalue weighted by Crippen LogP contribution is 2.02. The summed E-state index contributed by atoms with van der Waals surface area (Å²) in [6.07, 6.45) is 26.9. The molecule has 0 aromatic carbocycles. The van der Waals surface area contributed by atoms with Crippen LogP contribution in [0.15, 0.2) is 60.8 Å². The number of hydrogen-bond donors (Lipinski definition) is 1. The van der Waals surface area contributed by atoms with Crippen LogP contribution in [-0.2, 0) is 19.1 Å². The standard InChI is InChI=1S/C24H34O5/c1-2-3-4-5-6-7-8-9-10-11-12-13-14-15-16-17-18-19-23(27)29-24(28)21-20-22(25)26/h3-4,6-7,9-10,12-13,15-16H,2,5,8,11,14,17-21H2,1H3,(H,25,26)/b4-3-,7-6-,10-9-,13-12-,16-15-. The summed E-state index contributed by atoms with van der Waals surface area (Å²) >= 11 is 0. The van der Waals surface area contributed by atoms with Gasteiger partial charge in [-0.05, 0) is 44.9 Å². The van der Waals surface area contributed by atoms with Crippen molar-refractivity contribution < 1.29 is 24.2 Å². The van der Waals surface area contributed by atoms with Crippen LogP contribution in [0.3, 0.4) is 0 Å². The fourth-order valence-electron chi connectivity index (χ4n) is 2.17. The predicted octanol–water partition coefficient (Wildman–Crippen LogP) is 5.84. The van der Waals surface area contributed by atoms with Gasteiger partial charge < -0.3 is 9.84 Å². The summed E-state index contributed by atoms with van der Waals surface area (Å²) in [5.41, 5.74) is 0. The summed E-state index contributed by atoms with van der Waals surface area (Å²) in [4.78, 5) is 32.9. The second kappa shape index (κ2) is 20.1. The number of ether oxygens (including phenoxy) is 1. The lowest BCUT2D eigenvalue weighted by Crippen LogP contribution is -2.13. The summed E-state index contributed by atoms with van der Waals surface area (Å²) in [5, 5.41) is 8.45. The van der Waals surface area contributed by atoms with E-state index in [1.165, 1.54) is 0 Å². The zero-order valence-corrected chi connectivity index (χ0v) is 17.4. The largest absolute Gasteiger partial charge is 0.481 e. The minimum Gasteiger partial charge on any atom is -0.481 e. The van der Waals surface area contributed by atoms with Crippen molar-refractivity contribution in [2.24, 2.45) is 0 Å². The van der Waals surface area contributed by atoms with Crippen molar-refractivity contribution in [1.82, 2.24) is 0 Å². The van der Waals surface area contributed by atoms with Crippen LogP contribution in [-0.4, -0.2) is 23.0 Å². The van der Waals surface area contributed by atoms with Gasteiger partial charge >= 0.3 is 17.9 Å². The molecule has 5 heteroatoms. The average Bonchev–Trinajstić information content (AvgIpc) is 2.68. The number of carboxylic acid groups (broad SMARTS) is 1. The molecule has 0 aromatic heterocycles. The van der Waals surface area contributed by atoms with E-state index in [1.54, 1.807) is 0 Å². The molecular formula is C24H34O5. The SMILES string of the molecule is CC/C=C\C/C=C\C/C=C\C/C=C\C/C=C\CCCC(=O)OC(=O)CCC(=O)O. The van der Waals surface area contributed by atoms with Gasteiger partial charge in [0.25, 0.3) is 0 Å². The summed E-state index contributed by atoms with van der Waals surface area (Å²) in [6, 6.07) is 0. The summed E-state index contributed by atoms with van der Waals surface area (Å²) < 4.78 is 4.54. The molecule has 0 amide bonds. The van der Waals surface area contributed by atoms with E-state index in [-0.39, 0.29) is 19.3 Å². The first-order chi connectivity index (χ1) is 14.1. The number of carboxylic acids is 1. The number of carbonyl (C=O) groups is 3. The van der Waals surface area contributed by atoms with Crippen molar-refractivity contribution in [3.63, 3.8) is 0 Å². The fourth-order valence-corrected chi connectivity index (χ4v) is 2.17. The van der Waals surface area contributed by atoms with Crippen LogP contribution in [0.4, 0.5) is 0 Å². The molecule has 0 aliphatic heterocycles. The third-order valence-corrected chi connectivity index (χ3v) is 3.68. The van der Waals surface area contributed by atoms with Gasteiger partial charge in [0.1, 0.15) is 0 Å². The van der Waals surface area contributed by atoms with E-state index >= 15 is 0 Å². The van der Waals surface area contributed by atoms with Gasteiger partial charge in [0, 0.05) is 6.42 Å². The van der Waals surface area contributed by atoms with Gasteiger partial charge in [0.05, 0.1) is 12.8 Å². The van der Waals surface area contributed by atoms with Gasteiger partial charge in [0.2, 0.25) is 0 Å². The zero-order chi connectivity index (χ0) is 21.6. The number of aliphatic carboxylic acids is 1. The Kier molecular flexibility index (Phi) is 18.2. The second-order valence-electron chi connectivity index (χ2n) is 6.34. The molecule has 1 N–H and O–H groups in total. The van der Waals surface area contributed by atoms with Gasteiger partial charge in [-0.2, -0.15) is 0 Å². The lowest BCUT2D eigenvalue weighted by Gasteiger charge is -2.00. The van der Waals surface area contributed by atoms with Crippen molar-refractivity contribution in [2.75, 3.05) is 0 Å². The number of esters is 2. The Balaban J connectivity index is 3.62. The molecule has 0 bridgehead atoms. The minimum atomic E-state index is -1.09. The number of rotatable bonds is 16. The highest BCUT2D eigenvalue weighted by molar-refractivity contribution is 5.86. The Morgan fingerprint density at radius 3 is 1.59 bits per heavy atom. The molecule has 0 saturated carbocycles. The van der Waals surface area contributed by atoms with Gasteiger partial charge in [0.15, 0.2) is 0 Å². The quantitative estimate of drug-likeness (QED) is 0.152. The normalized spacial score (nSPS) is 12.2. The Morgan fingerprint density at radius 2 is 1.10 bits per heavy atom. The van der Waals surface area contributed by atoms with Crippen LogP contribution >= 0.6 is 0 Å². The summed E-state index contributed by atoms with van der Waals surface area (Å²) in [5.74, 6) is -2.48. The molecule has 160 valence electrons. The third kappa shape index (κ3) is 21.5. The van der Waals surface area contributed by atoms with E-state index < -0.39 is 17.9 Å². The van der Waals surface area contributed by atoms with Crippen LogP contribution in [0, 0.1) is 0 Å². The first-order valence-corrected chi connectivity index (χ1v) is 10.3. The molecule has 0 unspecified atom stereocenters. The maximum atomic E-state index is 11.4. The van der Waals surface area contributed by atoms with Gasteiger partial charge in [-0.15, -0.1) is 0 Å². The first kappa shape index (κ1) is 26.3. The fraction of sp³-hybridized carbons (Fsp3) is 0.458. The second-order valence-corrected chi connectivity index (χ2v) is 6.34. The highest BCUT2D eigenvalue weighted by Gasteiger charge is 2.11. The van der Waals surface area contributed by atoms with Gasteiger partial charge in [-0.1, -0.05) is 67.7 Å². The summed E-state index contributed by atoms with van der Waals surface area (Å²) in [6.45, 7) is 2.13. The van der Waals surface area contributed by atoms with E-state index in [1.807, 2.05) is 12.2 Å². The van der Waals surface area contributed by atoms with E-state index in [0.717, 1.165) is 38.5 Å². The topological polar surface area (TPSA) is 80.7 Å². The molecule has 0 saturated heterocycles. The molecule has 0 rings (SSSR count). The van der Waals surface area contributed by atoms with E-state index in [9.17, 15) is 14.4 Å². The first-order valence-electron chi connectivity index (χ1n) is 10.3. The molecule has 0 fully saturated rings. The smallest absolute Gasteiger partial charge is 0.314 e. The van der Waals surface area contributed by atoms with Crippen LogP contribution in [0.25, 0.3) is 0 Å². The van der Waals surface area contributed by atoms with Crippen molar-refractivity contribution in [3.05, 3.63) is 60.8 Å². The van der Waals surface area contributed by atoms with E-state index in [0.29, 0.717) is 6.42 Å². The lowest BCUT2D eigenvalue weighted by atomic mass is 10.2. The average molecular weight is 403 g/mol. The zero-order valence-electron chi connectivity index (χ0n) is 17.4. The minimum absolute atomic E-state index is 0.146. The number of hydrogen-bond acceptors (Lipinski definition) is 4. The van der Waals surface area contributed by atoms with Gasteiger partial charge in [-0.25, -0.2) is 0 Å². The summed E-state index contributed by atoms with van der Waals surface area (Å²) in [7, 11) is 0. The molecular weight excluding hydrogens is 368 g/mol. The maximum Gasteiger partial charge on any atom is 0.314 e. The molecule has 0 spiro atoms. The Morgan fingerprint density at radius 1 is 0.655 bits per heavy atom. The molecule has 0 radical (unpaired) electrons. The third-order valence-electron chi connectivity index (χ3n) is 3.68. The van der Waals surface area contributed by atoms with Crippen molar-refractivity contribution in [2.45, 2.75) is 71.1 Å². The predicted molar refractivity (Wildman–Crippen MR) is 116 cm³/mol. The van der Waals surface area contributed by atoms with Crippen molar-refractivity contribution in [3.8, 4) is 0 Å². The Hall–Kier alpha value is -2.69. The molecule has 29 heavy (non-hydrogen) atoms. The number of allylic oxidation sites excluding steroid dienone is 10. The van der Waals surface area contributed by atoms with E-state index in [2.05, 4.69) is 60.3 Å². The molecule has 0 heterocycles. The molecule has 0 atom stereocenters. The van der Waals surface area contributed by atoms with Crippen LogP contribution in [0.5, 0.6) is 0 Å². The molecule has 0 aliphatic rings. The van der Waals surface area contributed by atoms with Crippen molar-refractivity contribution in [1.29, 1.82) is 0 Å². The Bertz CT molecular complexity index is 609. The molecule has 0 aliphatic carbocycles. The van der Waals surface area contributed by atoms with Crippen LogP contribution in [0.2, 0.25) is 0 Å². The highest BCUT2D eigenvalue weighted by atomic mass is 16.6. The number of carbonyl (C=O) groups excluding carboxylic acids is 2. The van der Waals surface area contributed by atoms with Gasteiger partial charge in [-0.3, -0.25) is 14.4 Å². The lowest BCUT2D eigenvalue weighted by molar-refractivity contribution is -0.161. The molecule has 0 aromatic rings. The maximum absolute atomic E-state index is 11.4.